The van der Waals surface area contributed by atoms with Crippen molar-refractivity contribution in [1.29, 1.82) is 0 Å². The first-order chi connectivity index (χ1) is 12.3. The molecule has 0 aliphatic carbocycles. The van der Waals surface area contributed by atoms with Crippen LogP contribution in [0.3, 0.4) is 0 Å². The highest BCUT2D eigenvalue weighted by Crippen LogP contribution is 2.24. The van der Waals surface area contributed by atoms with Gasteiger partial charge in [-0.25, -0.2) is 0 Å². The quantitative estimate of drug-likeness (QED) is 0.307. The Morgan fingerprint density at radius 3 is 1.92 bits per heavy atom. The number of hydrogen-bond donors (Lipinski definition) is 2. The fourth-order valence-electron chi connectivity index (χ4n) is 2.90. The molecule has 2 aromatic carbocycles. The molecule has 0 bridgehead atoms. The van der Waals surface area contributed by atoms with E-state index >= 15 is 0 Å². The SMILES string of the molecule is Cn1cc(B(O)O)c2ccc(Cl)cc21.Cn1cc(I)c2ccc(Cl)cc21. The van der Waals surface area contributed by atoms with Crippen LogP contribution >= 0.6 is 45.8 Å². The summed E-state index contributed by atoms with van der Waals surface area (Å²) in [7, 11) is 2.42. The maximum atomic E-state index is 9.11. The summed E-state index contributed by atoms with van der Waals surface area (Å²) in [6.45, 7) is 0. The Hall–Kier alpha value is -1.19. The summed E-state index contributed by atoms with van der Waals surface area (Å²) in [4.78, 5) is 0. The molecule has 8 heteroatoms. The predicted octanol–water partition coefficient (Wildman–Crippen LogP) is 3.95. The number of benzene rings is 2. The Morgan fingerprint density at radius 2 is 1.35 bits per heavy atom. The van der Waals surface area contributed by atoms with Gasteiger partial charge in [-0.2, -0.15) is 0 Å². The molecule has 0 amide bonds. The number of aryl methyl sites for hydroxylation is 2. The van der Waals surface area contributed by atoms with E-state index in [0.717, 1.165) is 15.9 Å². The summed E-state index contributed by atoms with van der Waals surface area (Å²) in [5.41, 5.74) is 2.58. The van der Waals surface area contributed by atoms with E-state index in [0.29, 0.717) is 10.5 Å². The van der Waals surface area contributed by atoms with Gasteiger partial charge in [0.1, 0.15) is 0 Å². The van der Waals surface area contributed by atoms with E-state index in [1.54, 1.807) is 24.4 Å². The van der Waals surface area contributed by atoms with Crippen molar-refractivity contribution in [1.82, 2.24) is 9.13 Å². The molecule has 2 aromatic heterocycles. The van der Waals surface area contributed by atoms with Crippen LogP contribution in [0.15, 0.2) is 48.8 Å². The maximum absolute atomic E-state index is 9.11. The molecule has 4 rings (SSSR count). The van der Waals surface area contributed by atoms with Gasteiger partial charge >= 0.3 is 7.12 Å². The summed E-state index contributed by atoms with van der Waals surface area (Å²) in [6.07, 6.45) is 3.78. The fraction of sp³-hybridized carbons (Fsp3) is 0.111. The standard InChI is InChI=1S/C9H9BClNO2.C9H7ClIN/c1-12-5-8(10(13)14)7-3-2-6(11)4-9(7)12;1-12-5-8(11)7-3-2-6(10)4-9(7)12/h2-5,13-14H,1H3;2-5H,1H3. The Morgan fingerprint density at radius 1 is 0.846 bits per heavy atom. The zero-order valence-corrected chi connectivity index (χ0v) is 17.8. The van der Waals surface area contributed by atoms with E-state index in [1.165, 1.54) is 14.5 Å². The smallest absolute Gasteiger partial charge is 0.423 e. The first kappa shape index (κ1) is 19.6. The number of fused-ring (bicyclic) bond motifs is 2. The highest BCUT2D eigenvalue weighted by Gasteiger charge is 2.17. The van der Waals surface area contributed by atoms with E-state index in [1.807, 2.05) is 30.8 Å². The first-order valence-electron chi connectivity index (χ1n) is 7.78. The van der Waals surface area contributed by atoms with Gasteiger partial charge in [0.2, 0.25) is 0 Å². The lowest BCUT2D eigenvalue weighted by Crippen LogP contribution is -2.29. The van der Waals surface area contributed by atoms with Gasteiger partial charge in [-0.05, 0) is 52.2 Å². The van der Waals surface area contributed by atoms with E-state index in [2.05, 4.69) is 39.4 Å². The number of halogens is 3. The van der Waals surface area contributed by atoms with Crippen molar-refractivity contribution in [2.45, 2.75) is 0 Å². The number of hydrogen-bond acceptors (Lipinski definition) is 2. The van der Waals surface area contributed by atoms with Gasteiger partial charge in [-0.3, -0.25) is 0 Å². The molecule has 0 fully saturated rings. The molecule has 0 saturated carbocycles. The molecule has 0 saturated heterocycles. The molecule has 134 valence electrons. The fourth-order valence-corrected chi connectivity index (χ4v) is 4.11. The third-order valence-electron chi connectivity index (χ3n) is 4.17. The lowest BCUT2D eigenvalue weighted by Gasteiger charge is -1.97. The second-order valence-electron chi connectivity index (χ2n) is 5.98. The van der Waals surface area contributed by atoms with Crippen molar-refractivity contribution >= 4 is 80.2 Å². The van der Waals surface area contributed by atoms with Gasteiger partial charge in [-0.15, -0.1) is 0 Å². The third-order valence-corrected chi connectivity index (χ3v) is 5.50. The van der Waals surface area contributed by atoms with Crippen molar-refractivity contribution in [3.8, 4) is 0 Å². The second kappa shape index (κ2) is 7.82. The van der Waals surface area contributed by atoms with Gasteiger partial charge in [-0.1, -0.05) is 35.3 Å². The monoisotopic (exact) mass is 500 g/mol. The predicted molar refractivity (Wildman–Crippen MR) is 118 cm³/mol. The molecule has 0 atom stereocenters. The average Bonchev–Trinajstić information content (AvgIpc) is 3.05. The van der Waals surface area contributed by atoms with Gasteiger partial charge < -0.3 is 19.2 Å². The minimum Gasteiger partial charge on any atom is -0.423 e. The molecule has 0 spiro atoms. The highest BCUT2D eigenvalue weighted by molar-refractivity contribution is 14.1. The Kier molecular flexibility index (Phi) is 5.89. The second-order valence-corrected chi connectivity index (χ2v) is 8.01. The normalized spacial score (nSPS) is 10.9. The zero-order chi connectivity index (χ0) is 19.0. The Labute approximate surface area is 175 Å². The molecule has 2 heterocycles. The molecule has 4 nitrogen and oxygen atoms in total. The van der Waals surface area contributed by atoms with Crippen LogP contribution < -0.4 is 5.46 Å². The maximum Gasteiger partial charge on any atom is 0.490 e. The minimum atomic E-state index is -1.44. The van der Waals surface area contributed by atoms with Crippen LogP contribution in [-0.4, -0.2) is 26.3 Å². The molecule has 2 N–H and O–H groups in total. The molecular weight excluding hydrogens is 485 g/mol. The van der Waals surface area contributed by atoms with Crippen LogP contribution in [0.5, 0.6) is 0 Å². The number of nitrogens with zero attached hydrogens (tertiary/aromatic N) is 2. The van der Waals surface area contributed by atoms with Crippen LogP contribution in [0.4, 0.5) is 0 Å². The molecular formula is C18H16BCl2IN2O2. The zero-order valence-electron chi connectivity index (χ0n) is 14.1. The van der Waals surface area contributed by atoms with Crippen LogP contribution in [-0.2, 0) is 14.1 Å². The van der Waals surface area contributed by atoms with Gasteiger partial charge in [0.25, 0.3) is 0 Å². The molecule has 0 aliphatic heterocycles. The summed E-state index contributed by atoms with van der Waals surface area (Å²) < 4.78 is 5.17. The van der Waals surface area contributed by atoms with E-state index in [4.69, 9.17) is 33.2 Å². The molecule has 0 unspecified atom stereocenters. The van der Waals surface area contributed by atoms with Gasteiger partial charge in [0.15, 0.2) is 0 Å². The number of rotatable bonds is 1. The summed E-state index contributed by atoms with van der Waals surface area (Å²) in [5.74, 6) is 0. The van der Waals surface area contributed by atoms with Crippen molar-refractivity contribution < 1.29 is 10.0 Å². The average molecular weight is 501 g/mol. The minimum absolute atomic E-state index is 0.499. The van der Waals surface area contributed by atoms with E-state index in [-0.39, 0.29) is 0 Å². The first-order valence-corrected chi connectivity index (χ1v) is 9.62. The van der Waals surface area contributed by atoms with Crippen LogP contribution in [0.1, 0.15) is 0 Å². The molecule has 26 heavy (non-hydrogen) atoms. The van der Waals surface area contributed by atoms with Crippen LogP contribution in [0, 0.1) is 3.57 Å². The third kappa shape index (κ3) is 3.89. The van der Waals surface area contributed by atoms with Gasteiger partial charge in [0.05, 0.1) is 5.52 Å². The van der Waals surface area contributed by atoms with Crippen LogP contribution in [0.25, 0.3) is 21.8 Å². The van der Waals surface area contributed by atoms with Crippen molar-refractivity contribution in [2.24, 2.45) is 14.1 Å². The Bertz CT molecular complexity index is 1090. The van der Waals surface area contributed by atoms with Crippen molar-refractivity contribution in [2.75, 3.05) is 0 Å². The highest BCUT2D eigenvalue weighted by atomic mass is 127. The summed E-state index contributed by atoms with van der Waals surface area (Å²) in [6, 6.07) is 11.3. The van der Waals surface area contributed by atoms with E-state index in [9.17, 15) is 0 Å². The Balaban J connectivity index is 0.000000152. The van der Waals surface area contributed by atoms with Gasteiger partial charge in [0, 0.05) is 56.5 Å². The number of aromatic nitrogens is 2. The molecule has 4 aromatic rings. The summed E-state index contributed by atoms with van der Waals surface area (Å²) >= 11 is 14.1. The molecule has 0 radical (unpaired) electrons. The summed E-state index contributed by atoms with van der Waals surface area (Å²) in [5, 5.41) is 21.7. The largest absolute Gasteiger partial charge is 0.490 e. The van der Waals surface area contributed by atoms with Crippen molar-refractivity contribution in [3.05, 3.63) is 62.4 Å². The van der Waals surface area contributed by atoms with E-state index < -0.39 is 7.12 Å². The lowest BCUT2D eigenvalue weighted by atomic mass is 9.80. The van der Waals surface area contributed by atoms with Crippen LogP contribution in [0.2, 0.25) is 10.0 Å². The topological polar surface area (TPSA) is 50.3 Å². The lowest BCUT2D eigenvalue weighted by molar-refractivity contribution is 0.426. The van der Waals surface area contributed by atoms with Crippen molar-refractivity contribution in [3.63, 3.8) is 0 Å². The molecule has 0 aliphatic rings.